The molecule has 0 N–H and O–H groups in total. The van der Waals surface area contributed by atoms with Crippen molar-refractivity contribution in [3.8, 4) is 101 Å². The Labute approximate surface area is 820 Å². The van der Waals surface area contributed by atoms with Crippen molar-refractivity contribution in [1.29, 1.82) is 0 Å². The Balaban J connectivity index is 0.508. The van der Waals surface area contributed by atoms with Crippen molar-refractivity contribution >= 4 is 225 Å². The van der Waals surface area contributed by atoms with Crippen molar-refractivity contribution in [3.63, 3.8) is 0 Å². The molecule has 9 aromatic heterocycles. The van der Waals surface area contributed by atoms with Crippen molar-refractivity contribution in [3.05, 3.63) is 473 Å². The van der Waals surface area contributed by atoms with Gasteiger partial charge in [0.05, 0.1) is 76.6 Å². The number of fused-ring (bicyclic) bond motifs is 27. The lowest BCUT2D eigenvalue weighted by Crippen LogP contribution is -1.96. The summed E-state index contributed by atoms with van der Waals surface area (Å²) in [6, 6.07) is 178. The molecule has 0 aliphatic rings. The van der Waals surface area contributed by atoms with E-state index in [1.807, 2.05) is 34.0 Å². The quantitative estimate of drug-likeness (QED) is 0.117. The van der Waals surface area contributed by atoms with Gasteiger partial charge >= 0.3 is 0 Å². The molecule has 0 aliphatic heterocycles. The first-order valence-electron chi connectivity index (χ1n) is 48.3. The zero-order valence-electron chi connectivity index (χ0n) is 75.9. The lowest BCUT2D eigenvalue weighted by molar-refractivity contribution is 1.17. The minimum atomic E-state index is 1.10. The summed E-state index contributed by atoms with van der Waals surface area (Å²) in [6.45, 7) is 0. The summed E-state index contributed by atoms with van der Waals surface area (Å²) in [4.78, 5) is 0. The molecule has 0 radical (unpaired) electrons. The van der Waals surface area contributed by atoms with E-state index in [9.17, 15) is 0 Å². The molecule has 0 saturated carbocycles. The highest BCUT2D eigenvalue weighted by molar-refractivity contribution is 7.27. The average Bonchev–Trinajstić information content (AvgIpc) is 1.53. The number of rotatable bonds is 12. The first-order valence-corrected chi connectivity index (χ1v) is 50.7. The zero-order chi connectivity index (χ0) is 91.9. The van der Waals surface area contributed by atoms with Gasteiger partial charge in [0.2, 0.25) is 0 Å². The SMILES string of the molecule is c1ccc(-n2c3ccc(-c4ccc5c(c4)c4ccccc4n5-c4ccc5sc6ccccc6c5c4)cc3c3ccc(-c4cccc(-n5c6ccccc6c6cc(-c7ccc8c(c7)c7cc(-c9cc(-c%10cccc(-c%11cccc(-n%12c%13ccccc%13c%13cc(-n%14c%15ccccc%15c%15ccccc%15%14)ccc%13%12)c%11)c%10)c%10sc%11ccccc%11c%10c9)ccc7n8-c7cccc8c7sc7ccccc78)ccc65)c4)cc32)cc1. The number of thiophene rings is 3. The molecule has 9 heterocycles. The van der Waals surface area contributed by atoms with Gasteiger partial charge < -0.3 is 27.4 Å². The Morgan fingerprint density at radius 3 is 0.936 bits per heavy atom. The third kappa shape index (κ3) is 11.9. The Morgan fingerprint density at radius 1 is 0.121 bits per heavy atom. The van der Waals surface area contributed by atoms with E-state index in [2.05, 4.69) is 501 Å². The smallest absolute Gasteiger partial charge is 0.0640 e. The molecule has 0 amide bonds. The van der Waals surface area contributed by atoms with Gasteiger partial charge in [-0.2, -0.15) is 0 Å². The second-order valence-electron chi connectivity index (χ2n) is 37.7. The Morgan fingerprint density at radius 2 is 0.418 bits per heavy atom. The van der Waals surface area contributed by atoms with Crippen LogP contribution in [0, 0.1) is 0 Å². The van der Waals surface area contributed by atoms with Gasteiger partial charge in [-0.3, -0.25) is 0 Å². The standard InChI is InChI=1S/C132H78N6S3/c1-2-28-90(29-3-1)133-119-59-51-84(82-53-61-121-107(69-82)98-35-7-15-44-117(98)137(121)94-57-65-130-112(78-94)102-38-10-17-47-127(102)139-130)71-108(119)100-58-50-87(76-126(100)133)81-26-22-31-92(68-81)134-116-43-14-6-34-97(116)106-70-83(52-60-120(106)134)85-54-62-123-109(72-85)110-73-86(55-63-124(110)138(123)125-46-23-40-104-101-37-9-18-48-128(101)141-132(104)125)89-74-105(131-113(75-89)103-39-11-19-49-129(103)140-131)88-27-20-24-79(66-88)80-25-21-30-91(67-80)135-118-45-16-8-36-99(118)111-77-93(56-64-122(111)135)136-114-41-12-4-32-95(114)96-33-5-13-42-115(96)136/h1-78H. The van der Waals surface area contributed by atoms with Gasteiger partial charge in [-0.1, -0.05) is 261 Å². The van der Waals surface area contributed by atoms with Crippen LogP contribution in [0.3, 0.4) is 0 Å². The summed E-state index contributed by atoms with van der Waals surface area (Å²) >= 11 is 5.64. The summed E-state index contributed by atoms with van der Waals surface area (Å²) in [7, 11) is 0. The third-order valence-corrected chi connectivity index (χ3v) is 33.7. The maximum absolute atomic E-state index is 2.54. The van der Waals surface area contributed by atoms with E-state index < -0.39 is 0 Å². The Bertz CT molecular complexity index is 10800. The first-order chi connectivity index (χ1) is 69.9. The minimum Gasteiger partial charge on any atom is -0.309 e. The number of benzene rings is 22. The molecule has 0 fully saturated rings. The monoisotopic (exact) mass is 1840 g/mol. The molecule has 22 aromatic carbocycles. The topological polar surface area (TPSA) is 29.6 Å². The highest BCUT2D eigenvalue weighted by Crippen LogP contribution is 2.51. The molecular formula is C132H78N6S3. The predicted molar refractivity (Wildman–Crippen MR) is 604 cm³/mol. The number of nitrogens with zero attached hydrogens (tertiary/aromatic N) is 6. The third-order valence-electron chi connectivity index (χ3n) is 30.2. The first kappa shape index (κ1) is 78.5. The summed E-state index contributed by atoms with van der Waals surface area (Å²) in [5.74, 6) is 0. The van der Waals surface area contributed by atoms with E-state index in [-0.39, 0.29) is 0 Å². The molecule has 654 valence electrons. The van der Waals surface area contributed by atoms with Gasteiger partial charge in [0.15, 0.2) is 0 Å². The minimum absolute atomic E-state index is 1.10. The molecule has 0 spiro atoms. The van der Waals surface area contributed by atoms with Crippen molar-refractivity contribution in [2.45, 2.75) is 0 Å². The number of para-hydroxylation sites is 6. The van der Waals surface area contributed by atoms with Crippen molar-refractivity contribution in [1.82, 2.24) is 27.4 Å². The number of aromatic nitrogens is 6. The molecular weight excluding hydrogens is 1770 g/mol. The zero-order valence-corrected chi connectivity index (χ0v) is 78.4. The summed E-state index contributed by atoms with van der Waals surface area (Å²) in [5.41, 5.74) is 35.0. The summed E-state index contributed by atoms with van der Waals surface area (Å²) in [5, 5.41) is 22.3. The number of hydrogen-bond donors (Lipinski definition) is 0. The van der Waals surface area contributed by atoms with Crippen LogP contribution in [0.5, 0.6) is 0 Å². The number of hydrogen-bond acceptors (Lipinski definition) is 3. The van der Waals surface area contributed by atoms with E-state index in [4.69, 9.17) is 0 Å². The van der Waals surface area contributed by atoms with Crippen molar-refractivity contribution in [2.75, 3.05) is 0 Å². The van der Waals surface area contributed by atoms with Crippen molar-refractivity contribution < 1.29 is 0 Å². The molecule has 31 rings (SSSR count). The van der Waals surface area contributed by atoms with Crippen LogP contribution < -0.4 is 0 Å². The van der Waals surface area contributed by atoms with Crippen LogP contribution in [0.1, 0.15) is 0 Å². The van der Waals surface area contributed by atoms with Gasteiger partial charge in [-0.25, -0.2) is 0 Å². The van der Waals surface area contributed by atoms with Gasteiger partial charge in [-0.15, -0.1) is 34.0 Å². The molecule has 0 atom stereocenters. The van der Waals surface area contributed by atoms with Gasteiger partial charge in [0, 0.05) is 154 Å². The lowest BCUT2D eigenvalue weighted by atomic mass is 9.93. The van der Waals surface area contributed by atoms with E-state index in [0.29, 0.717) is 0 Å². The fourth-order valence-electron chi connectivity index (χ4n) is 23.8. The van der Waals surface area contributed by atoms with E-state index in [0.717, 1.165) is 89.3 Å². The summed E-state index contributed by atoms with van der Waals surface area (Å²) < 4.78 is 22.5. The fraction of sp³-hybridized carbons (Fsp3) is 0. The second kappa shape index (κ2) is 30.4. The molecule has 0 aliphatic carbocycles. The van der Waals surface area contributed by atoms with E-state index in [1.54, 1.807) is 0 Å². The van der Waals surface area contributed by atoms with Crippen LogP contribution in [-0.4, -0.2) is 27.4 Å². The van der Waals surface area contributed by atoms with Crippen LogP contribution in [0.2, 0.25) is 0 Å². The highest BCUT2D eigenvalue weighted by atomic mass is 32.1. The van der Waals surface area contributed by atoms with E-state index >= 15 is 0 Å². The Kier molecular flexibility index (Phi) is 16.9. The molecule has 9 heteroatoms. The van der Waals surface area contributed by atoms with Gasteiger partial charge in [0.1, 0.15) is 0 Å². The molecule has 0 saturated heterocycles. The van der Waals surface area contributed by atoms with Crippen LogP contribution in [0.4, 0.5) is 0 Å². The summed E-state index contributed by atoms with van der Waals surface area (Å²) in [6.07, 6.45) is 0. The highest BCUT2D eigenvalue weighted by Gasteiger charge is 2.27. The van der Waals surface area contributed by atoms with Crippen LogP contribution in [-0.2, 0) is 0 Å². The Hall–Kier alpha value is -17.7. The average molecular weight is 1840 g/mol. The molecule has 6 nitrogen and oxygen atoms in total. The maximum atomic E-state index is 2.54. The second-order valence-corrected chi connectivity index (χ2v) is 40.9. The van der Waals surface area contributed by atoms with Gasteiger partial charge in [0.25, 0.3) is 0 Å². The van der Waals surface area contributed by atoms with Crippen molar-refractivity contribution in [2.24, 2.45) is 0 Å². The molecule has 0 bridgehead atoms. The maximum Gasteiger partial charge on any atom is 0.0640 e. The fourth-order valence-corrected chi connectivity index (χ4v) is 27.3. The molecule has 31 aromatic rings. The normalized spacial score (nSPS) is 12.3. The predicted octanol–water partition coefficient (Wildman–Crippen LogP) is 37.4. The molecule has 0 unspecified atom stereocenters. The van der Waals surface area contributed by atoms with E-state index in [1.165, 1.54) is 203 Å². The van der Waals surface area contributed by atoms with Gasteiger partial charge in [-0.05, 0) is 274 Å². The molecule has 141 heavy (non-hydrogen) atoms. The van der Waals surface area contributed by atoms with Crippen LogP contribution in [0.15, 0.2) is 473 Å². The van der Waals surface area contributed by atoms with Crippen LogP contribution >= 0.6 is 34.0 Å². The lowest BCUT2D eigenvalue weighted by Gasteiger charge is -2.13. The van der Waals surface area contributed by atoms with Crippen LogP contribution in [0.25, 0.3) is 292 Å². The largest absolute Gasteiger partial charge is 0.309 e.